The molecule has 5 nitrogen and oxygen atoms in total. The second-order valence-corrected chi connectivity index (χ2v) is 5.18. The maximum Gasteiger partial charge on any atom is 0.490 e. The van der Waals surface area contributed by atoms with Gasteiger partial charge in [-0.3, -0.25) is 4.79 Å². The fourth-order valence-electron chi connectivity index (χ4n) is 2.26. The average molecular weight is 355 g/mol. The molecular weight excluding hydrogens is 339 g/mol. The van der Waals surface area contributed by atoms with Gasteiger partial charge in [0.1, 0.15) is 5.75 Å². The Labute approximate surface area is 141 Å². The van der Waals surface area contributed by atoms with E-state index in [1.165, 1.54) is 0 Å². The van der Waals surface area contributed by atoms with Crippen LogP contribution in [0.25, 0.3) is 10.8 Å². The molecule has 134 valence electrons. The number of halogens is 3. The quantitative estimate of drug-likeness (QED) is 0.809. The fourth-order valence-corrected chi connectivity index (χ4v) is 2.26. The molecule has 0 atom stereocenters. The number of hydrogen-bond acceptors (Lipinski definition) is 4. The number of carbonyl (C=O) groups is 2. The number of hydrogen-bond donors (Lipinski definition) is 1. The third-order valence-corrected chi connectivity index (χ3v) is 3.46. The summed E-state index contributed by atoms with van der Waals surface area (Å²) in [7, 11) is 1.56. The average Bonchev–Trinajstić information content (AvgIpc) is 2.58. The van der Waals surface area contributed by atoms with Crippen molar-refractivity contribution in [3.8, 4) is 5.75 Å². The molecule has 0 aliphatic heterocycles. The zero-order valence-electron chi connectivity index (χ0n) is 13.4. The highest BCUT2D eigenvalue weighted by molar-refractivity contribution is 5.87. The van der Waals surface area contributed by atoms with E-state index in [9.17, 15) is 22.8 Å². The summed E-state index contributed by atoms with van der Waals surface area (Å²) in [4.78, 5) is 22.0. The molecule has 0 aromatic heterocycles. The molecule has 0 unspecified atom stereocenters. The van der Waals surface area contributed by atoms with E-state index in [1.807, 2.05) is 36.4 Å². The Bertz CT molecular complexity index is 774. The van der Waals surface area contributed by atoms with Crippen molar-refractivity contribution in [1.29, 1.82) is 0 Å². The predicted octanol–water partition coefficient (Wildman–Crippen LogP) is 2.61. The van der Waals surface area contributed by atoms with E-state index >= 15 is 0 Å². The van der Waals surface area contributed by atoms with Crippen LogP contribution in [0.1, 0.15) is 5.56 Å². The van der Waals surface area contributed by atoms with Crippen molar-refractivity contribution >= 4 is 22.6 Å². The smallest absolute Gasteiger partial charge is 0.490 e. The Morgan fingerprint density at radius 3 is 2.60 bits per heavy atom. The van der Waals surface area contributed by atoms with Gasteiger partial charge in [0.2, 0.25) is 0 Å². The maximum atomic E-state index is 12.0. The van der Waals surface area contributed by atoms with Crippen LogP contribution in [0.3, 0.4) is 0 Å². The van der Waals surface area contributed by atoms with Crippen LogP contribution in [0.4, 0.5) is 13.2 Å². The van der Waals surface area contributed by atoms with Crippen LogP contribution in [0, 0.1) is 0 Å². The van der Waals surface area contributed by atoms with Gasteiger partial charge in [0.25, 0.3) is 5.91 Å². The van der Waals surface area contributed by atoms with Crippen LogP contribution < -0.4 is 10.1 Å². The monoisotopic (exact) mass is 355 g/mol. The summed E-state index contributed by atoms with van der Waals surface area (Å²) in [5.74, 6) is -2.48. The van der Waals surface area contributed by atoms with Crippen LogP contribution in [0.2, 0.25) is 0 Å². The molecule has 0 bridgehead atoms. The molecule has 1 amide bonds. The number of methoxy groups -OCH3 is 1. The number of alkyl halides is 3. The Kier molecular flexibility index (Phi) is 5.84. The zero-order valence-corrected chi connectivity index (χ0v) is 13.4. The van der Waals surface area contributed by atoms with Crippen molar-refractivity contribution in [3.63, 3.8) is 0 Å². The lowest BCUT2D eigenvalue weighted by molar-refractivity contribution is -0.199. The number of esters is 1. The normalized spacial score (nSPS) is 11.2. The standard InChI is InChI=1S/C17H16F3NO4/c1-24-13-6-5-11-3-2-4-12(14(11)9-13)7-8-21-15(22)10-25-16(23)17(18,19)20/h2-6,9H,7-8,10H2,1H3,(H,21,22). The topological polar surface area (TPSA) is 64.6 Å². The van der Waals surface area contributed by atoms with Crippen LogP contribution in [0.15, 0.2) is 36.4 Å². The van der Waals surface area contributed by atoms with Gasteiger partial charge in [0, 0.05) is 6.54 Å². The predicted molar refractivity (Wildman–Crippen MR) is 84.2 cm³/mol. The largest absolute Gasteiger partial charge is 0.497 e. The number of amides is 1. The van der Waals surface area contributed by atoms with E-state index in [1.54, 1.807) is 7.11 Å². The molecule has 0 spiro atoms. The molecular formula is C17H16F3NO4. The Morgan fingerprint density at radius 1 is 1.16 bits per heavy atom. The molecule has 2 aromatic rings. The summed E-state index contributed by atoms with van der Waals surface area (Å²) >= 11 is 0. The van der Waals surface area contributed by atoms with Crippen molar-refractivity contribution < 1.29 is 32.2 Å². The van der Waals surface area contributed by atoms with Gasteiger partial charge >= 0.3 is 12.1 Å². The molecule has 2 rings (SSSR count). The minimum Gasteiger partial charge on any atom is -0.497 e. The lowest BCUT2D eigenvalue weighted by Crippen LogP contribution is -2.33. The molecule has 0 saturated carbocycles. The molecule has 0 fully saturated rings. The SMILES string of the molecule is COc1ccc2cccc(CCNC(=O)COC(=O)C(F)(F)F)c2c1. The second kappa shape index (κ2) is 7.87. The minimum absolute atomic E-state index is 0.193. The summed E-state index contributed by atoms with van der Waals surface area (Å²) in [5.41, 5.74) is 0.948. The van der Waals surface area contributed by atoms with E-state index in [0.717, 1.165) is 16.3 Å². The zero-order chi connectivity index (χ0) is 18.4. The number of benzene rings is 2. The van der Waals surface area contributed by atoms with Crippen molar-refractivity contribution in [2.24, 2.45) is 0 Å². The molecule has 25 heavy (non-hydrogen) atoms. The lowest BCUT2D eigenvalue weighted by Gasteiger charge is -2.10. The molecule has 0 aliphatic rings. The summed E-state index contributed by atoms with van der Waals surface area (Å²) in [6, 6.07) is 11.3. The fraction of sp³-hybridized carbons (Fsp3) is 0.294. The van der Waals surface area contributed by atoms with Crippen LogP contribution >= 0.6 is 0 Å². The summed E-state index contributed by atoms with van der Waals surface area (Å²) < 4.78 is 45.0. The van der Waals surface area contributed by atoms with Crippen molar-refractivity contribution in [1.82, 2.24) is 5.32 Å². The van der Waals surface area contributed by atoms with Gasteiger partial charge < -0.3 is 14.8 Å². The van der Waals surface area contributed by atoms with Crippen molar-refractivity contribution in [2.75, 3.05) is 20.3 Å². The van der Waals surface area contributed by atoms with E-state index in [2.05, 4.69) is 10.1 Å². The highest BCUT2D eigenvalue weighted by atomic mass is 19.4. The highest BCUT2D eigenvalue weighted by Gasteiger charge is 2.41. The van der Waals surface area contributed by atoms with Crippen molar-refractivity contribution in [2.45, 2.75) is 12.6 Å². The first-order valence-corrected chi connectivity index (χ1v) is 7.37. The van der Waals surface area contributed by atoms with E-state index < -0.39 is 24.7 Å². The van der Waals surface area contributed by atoms with Gasteiger partial charge in [-0.05, 0) is 34.9 Å². The number of ether oxygens (including phenoxy) is 2. The number of carbonyl (C=O) groups excluding carboxylic acids is 2. The Balaban J connectivity index is 1.90. The van der Waals surface area contributed by atoms with Gasteiger partial charge in [0.05, 0.1) is 7.11 Å². The third kappa shape index (κ3) is 5.10. The first-order valence-electron chi connectivity index (χ1n) is 7.37. The van der Waals surface area contributed by atoms with Crippen LogP contribution in [-0.2, 0) is 20.7 Å². The van der Waals surface area contributed by atoms with Crippen molar-refractivity contribution in [3.05, 3.63) is 42.0 Å². The molecule has 8 heteroatoms. The van der Waals surface area contributed by atoms with E-state index in [4.69, 9.17) is 4.74 Å². The molecule has 1 N–H and O–H groups in total. The second-order valence-electron chi connectivity index (χ2n) is 5.18. The van der Waals surface area contributed by atoms with Crippen LogP contribution in [0.5, 0.6) is 5.75 Å². The van der Waals surface area contributed by atoms with Gasteiger partial charge in [-0.2, -0.15) is 13.2 Å². The Morgan fingerprint density at radius 2 is 1.92 bits per heavy atom. The third-order valence-electron chi connectivity index (χ3n) is 3.46. The van der Waals surface area contributed by atoms with E-state index in [0.29, 0.717) is 12.2 Å². The number of rotatable bonds is 6. The van der Waals surface area contributed by atoms with Gasteiger partial charge in [0.15, 0.2) is 6.61 Å². The number of nitrogens with one attached hydrogen (secondary N) is 1. The Hall–Kier alpha value is -2.77. The molecule has 0 radical (unpaired) electrons. The summed E-state index contributed by atoms with van der Waals surface area (Å²) in [5, 5.41) is 4.38. The molecule has 0 aliphatic carbocycles. The molecule has 0 heterocycles. The van der Waals surface area contributed by atoms with Gasteiger partial charge in [-0.1, -0.05) is 24.3 Å². The first-order chi connectivity index (χ1) is 11.8. The van der Waals surface area contributed by atoms with Crippen LogP contribution in [-0.4, -0.2) is 38.3 Å². The van der Waals surface area contributed by atoms with Gasteiger partial charge in [-0.15, -0.1) is 0 Å². The lowest BCUT2D eigenvalue weighted by atomic mass is 10.0. The minimum atomic E-state index is -5.11. The van der Waals surface area contributed by atoms with E-state index in [-0.39, 0.29) is 6.54 Å². The summed E-state index contributed by atoms with van der Waals surface area (Å²) in [6.07, 6.45) is -4.65. The molecule has 0 saturated heterocycles. The molecule has 2 aromatic carbocycles. The maximum absolute atomic E-state index is 12.0. The number of fused-ring (bicyclic) bond motifs is 1. The summed E-state index contributed by atoms with van der Waals surface area (Å²) in [6.45, 7) is -0.777. The highest BCUT2D eigenvalue weighted by Crippen LogP contribution is 2.24. The van der Waals surface area contributed by atoms with Gasteiger partial charge in [-0.25, -0.2) is 4.79 Å². The first kappa shape index (κ1) is 18.6.